The van der Waals surface area contributed by atoms with Crippen molar-refractivity contribution in [3.63, 3.8) is 0 Å². The Labute approximate surface area is 94.1 Å². The van der Waals surface area contributed by atoms with Gasteiger partial charge in [0.1, 0.15) is 5.69 Å². The number of nitrogens with one attached hydrogen (secondary N) is 1. The molecule has 13 heavy (non-hydrogen) atoms. The van der Waals surface area contributed by atoms with Crippen LogP contribution in [0.15, 0.2) is 5.38 Å². The molecule has 0 aliphatic carbocycles. The standard InChI is InChI=1S/C8H7IN2OS/c1-3-5(2)10-7(12)6-4-13-8(9)11-6/h1,4-5H,2H3,(H,10,12)/t5-/m0/s1. The van der Waals surface area contributed by atoms with Gasteiger partial charge in [0.15, 0.2) is 3.01 Å². The number of hydrogen-bond donors (Lipinski definition) is 1. The number of hydrogen-bond acceptors (Lipinski definition) is 3. The maximum Gasteiger partial charge on any atom is 0.271 e. The first-order valence-electron chi connectivity index (χ1n) is 3.51. The van der Waals surface area contributed by atoms with Gasteiger partial charge in [-0.25, -0.2) is 4.98 Å². The molecule has 68 valence electrons. The van der Waals surface area contributed by atoms with Crippen LogP contribution in [0.2, 0.25) is 0 Å². The van der Waals surface area contributed by atoms with Crippen molar-refractivity contribution in [2.24, 2.45) is 0 Å². The topological polar surface area (TPSA) is 42.0 Å². The van der Waals surface area contributed by atoms with Crippen LogP contribution in [0.4, 0.5) is 0 Å². The van der Waals surface area contributed by atoms with E-state index in [1.165, 1.54) is 11.3 Å². The molecule has 1 aromatic rings. The molecule has 0 aromatic carbocycles. The van der Waals surface area contributed by atoms with Crippen molar-refractivity contribution in [2.75, 3.05) is 0 Å². The minimum atomic E-state index is -0.258. The minimum Gasteiger partial charge on any atom is -0.337 e. The molecule has 1 aromatic heterocycles. The first kappa shape index (κ1) is 10.5. The summed E-state index contributed by atoms with van der Waals surface area (Å²) in [6.07, 6.45) is 5.12. The van der Waals surface area contributed by atoms with Crippen molar-refractivity contribution in [1.29, 1.82) is 0 Å². The van der Waals surface area contributed by atoms with Gasteiger partial charge in [0, 0.05) is 5.38 Å². The first-order chi connectivity index (χ1) is 6.13. The Hall–Kier alpha value is -0.610. The third kappa shape index (κ3) is 2.97. The maximum absolute atomic E-state index is 11.4. The quantitative estimate of drug-likeness (QED) is 0.664. The summed E-state index contributed by atoms with van der Waals surface area (Å²) >= 11 is 3.49. The number of rotatable bonds is 2. The zero-order valence-electron chi connectivity index (χ0n) is 6.87. The van der Waals surface area contributed by atoms with Gasteiger partial charge in [0.25, 0.3) is 5.91 Å². The molecule has 0 fully saturated rings. The second-order valence-corrected chi connectivity index (χ2v) is 4.96. The molecule has 5 heteroatoms. The molecule has 0 aliphatic rings. The van der Waals surface area contributed by atoms with Crippen molar-refractivity contribution >= 4 is 39.8 Å². The second-order valence-electron chi connectivity index (χ2n) is 2.35. The lowest BCUT2D eigenvalue weighted by Gasteiger charge is -2.04. The van der Waals surface area contributed by atoms with Gasteiger partial charge in [-0.15, -0.1) is 17.8 Å². The van der Waals surface area contributed by atoms with E-state index in [4.69, 9.17) is 6.42 Å². The van der Waals surface area contributed by atoms with Gasteiger partial charge in [-0.05, 0) is 29.5 Å². The summed E-state index contributed by atoms with van der Waals surface area (Å²) in [7, 11) is 0. The highest BCUT2D eigenvalue weighted by atomic mass is 127. The van der Waals surface area contributed by atoms with Crippen LogP contribution >= 0.6 is 33.9 Å². The van der Waals surface area contributed by atoms with Gasteiger partial charge in [-0.2, -0.15) is 0 Å². The number of aromatic nitrogens is 1. The number of amides is 1. The highest BCUT2D eigenvalue weighted by molar-refractivity contribution is 14.1. The van der Waals surface area contributed by atoms with Crippen LogP contribution in [-0.4, -0.2) is 16.9 Å². The Morgan fingerprint density at radius 1 is 1.92 bits per heavy atom. The van der Waals surface area contributed by atoms with E-state index < -0.39 is 0 Å². The predicted molar refractivity (Wildman–Crippen MR) is 60.6 cm³/mol. The zero-order chi connectivity index (χ0) is 9.84. The monoisotopic (exact) mass is 306 g/mol. The van der Waals surface area contributed by atoms with Crippen LogP contribution in [0.1, 0.15) is 17.4 Å². The summed E-state index contributed by atoms with van der Waals surface area (Å²) in [6.45, 7) is 1.75. The molecule has 0 saturated carbocycles. The average Bonchev–Trinajstić information content (AvgIpc) is 2.51. The van der Waals surface area contributed by atoms with E-state index in [1.807, 2.05) is 0 Å². The largest absolute Gasteiger partial charge is 0.337 e. The molecular weight excluding hydrogens is 299 g/mol. The van der Waals surface area contributed by atoms with Crippen LogP contribution in [0.5, 0.6) is 0 Å². The second kappa shape index (κ2) is 4.58. The van der Waals surface area contributed by atoms with E-state index in [0.29, 0.717) is 5.69 Å². The van der Waals surface area contributed by atoms with E-state index in [9.17, 15) is 4.79 Å². The smallest absolute Gasteiger partial charge is 0.271 e. The van der Waals surface area contributed by atoms with Gasteiger partial charge >= 0.3 is 0 Å². The molecule has 1 N–H and O–H groups in total. The number of carbonyl (C=O) groups excluding carboxylic acids is 1. The zero-order valence-corrected chi connectivity index (χ0v) is 9.85. The maximum atomic E-state index is 11.4. The molecule has 1 heterocycles. The van der Waals surface area contributed by atoms with Crippen LogP contribution in [0, 0.1) is 15.4 Å². The summed E-state index contributed by atoms with van der Waals surface area (Å²) in [5.41, 5.74) is 0.427. The Morgan fingerprint density at radius 2 is 2.62 bits per heavy atom. The molecule has 0 saturated heterocycles. The fourth-order valence-electron chi connectivity index (χ4n) is 0.668. The molecule has 0 unspecified atom stereocenters. The van der Waals surface area contributed by atoms with Crippen molar-refractivity contribution in [3.8, 4) is 12.3 Å². The van der Waals surface area contributed by atoms with Gasteiger partial charge in [-0.1, -0.05) is 5.92 Å². The predicted octanol–water partition coefficient (Wildman–Crippen LogP) is 1.50. The SMILES string of the molecule is C#C[C@H](C)NC(=O)c1csc(I)n1. The van der Waals surface area contributed by atoms with Crippen LogP contribution in [0.25, 0.3) is 0 Å². The Bertz CT molecular complexity index is 355. The minimum absolute atomic E-state index is 0.218. The van der Waals surface area contributed by atoms with Crippen LogP contribution < -0.4 is 5.32 Å². The normalized spacial score (nSPS) is 11.8. The Kier molecular flexibility index (Phi) is 3.69. The summed E-state index contributed by atoms with van der Waals surface area (Å²) < 4.78 is 0.844. The summed E-state index contributed by atoms with van der Waals surface area (Å²) in [5.74, 6) is 2.20. The molecule has 1 amide bonds. The van der Waals surface area contributed by atoms with Gasteiger partial charge in [0.2, 0.25) is 0 Å². The number of halogens is 1. The van der Waals surface area contributed by atoms with E-state index in [2.05, 4.69) is 38.8 Å². The Morgan fingerprint density at radius 3 is 3.08 bits per heavy atom. The van der Waals surface area contributed by atoms with E-state index >= 15 is 0 Å². The number of terminal acetylenes is 1. The van der Waals surface area contributed by atoms with Crippen LogP contribution in [-0.2, 0) is 0 Å². The third-order valence-electron chi connectivity index (χ3n) is 1.31. The molecular formula is C8H7IN2OS. The molecule has 0 bridgehead atoms. The number of thiazole rings is 1. The number of carbonyl (C=O) groups is 1. The van der Waals surface area contributed by atoms with Crippen LogP contribution in [0.3, 0.4) is 0 Å². The molecule has 0 radical (unpaired) electrons. The molecule has 0 aliphatic heterocycles. The van der Waals surface area contributed by atoms with Crippen molar-refractivity contribution in [2.45, 2.75) is 13.0 Å². The lowest BCUT2D eigenvalue weighted by Crippen LogP contribution is -2.31. The van der Waals surface area contributed by atoms with Gasteiger partial charge in [-0.3, -0.25) is 4.79 Å². The molecule has 0 spiro atoms. The summed E-state index contributed by atoms with van der Waals surface area (Å²) in [6, 6.07) is -0.258. The number of nitrogens with zero attached hydrogens (tertiary/aromatic N) is 1. The fraction of sp³-hybridized carbons (Fsp3) is 0.250. The molecule has 1 rings (SSSR count). The van der Waals surface area contributed by atoms with E-state index in [0.717, 1.165) is 3.01 Å². The first-order valence-corrected chi connectivity index (χ1v) is 5.47. The average molecular weight is 306 g/mol. The molecule has 3 nitrogen and oxygen atoms in total. The van der Waals surface area contributed by atoms with Gasteiger partial charge < -0.3 is 5.32 Å². The Balaban J connectivity index is 2.65. The fourth-order valence-corrected chi connectivity index (χ4v) is 1.83. The van der Waals surface area contributed by atoms with Gasteiger partial charge in [0.05, 0.1) is 6.04 Å². The van der Waals surface area contributed by atoms with Crippen molar-refractivity contribution in [1.82, 2.24) is 10.3 Å². The van der Waals surface area contributed by atoms with E-state index in [1.54, 1.807) is 12.3 Å². The highest BCUT2D eigenvalue weighted by Gasteiger charge is 2.10. The summed E-state index contributed by atoms with van der Waals surface area (Å²) in [4.78, 5) is 15.4. The summed E-state index contributed by atoms with van der Waals surface area (Å²) in [5, 5.41) is 4.33. The highest BCUT2D eigenvalue weighted by Crippen LogP contribution is 2.11. The third-order valence-corrected chi connectivity index (χ3v) is 2.94. The lowest BCUT2D eigenvalue weighted by atomic mass is 10.3. The lowest BCUT2D eigenvalue weighted by molar-refractivity contribution is 0.0943. The van der Waals surface area contributed by atoms with Crippen molar-refractivity contribution in [3.05, 3.63) is 14.1 Å². The van der Waals surface area contributed by atoms with E-state index in [-0.39, 0.29) is 11.9 Å². The molecule has 1 atom stereocenters. The van der Waals surface area contributed by atoms with Crippen molar-refractivity contribution < 1.29 is 4.79 Å².